The molecule has 2 heterocycles. The van der Waals surface area contributed by atoms with Gasteiger partial charge in [-0.2, -0.15) is 0 Å². The summed E-state index contributed by atoms with van der Waals surface area (Å²) in [5, 5.41) is 8.22. The third kappa shape index (κ3) is 5.23. The van der Waals surface area contributed by atoms with Crippen molar-refractivity contribution in [2.75, 3.05) is 16.8 Å². The van der Waals surface area contributed by atoms with Gasteiger partial charge in [0.1, 0.15) is 11.2 Å². The Bertz CT molecular complexity index is 2770. The second-order valence-corrected chi connectivity index (χ2v) is 13.4. The lowest BCUT2D eigenvalue weighted by Crippen LogP contribution is -2.09. The quantitative estimate of drug-likeness (QED) is 0.191. The lowest BCUT2D eigenvalue weighted by Gasteiger charge is -2.26. The molecule has 8 aromatic carbocycles. The SMILES string of the molecule is C1=Cc2cc3oc4cc(N(c5ccc(-c6ccccc6-c6ccccc6)cc5)c5ccc(-c6cccc7ccccc67)cc5)ccc4c3cc2NC1. The zero-order valence-corrected chi connectivity index (χ0v) is 28.5. The van der Waals surface area contributed by atoms with Crippen molar-refractivity contribution < 1.29 is 4.42 Å². The summed E-state index contributed by atoms with van der Waals surface area (Å²) in [6.45, 7) is 0.837. The summed E-state index contributed by atoms with van der Waals surface area (Å²) in [5.41, 5.74) is 14.5. The number of rotatable bonds is 6. The van der Waals surface area contributed by atoms with Crippen LogP contribution in [0.5, 0.6) is 0 Å². The fraction of sp³-hybridized carbons (Fsp3) is 0.0204. The third-order valence-electron chi connectivity index (χ3n) is 10.3. The maximum absolute atomic E-state index is 6.54. The van der Waals surface area contributed by atoms with Crippen molar-refractivity contribution in [2.24, 2.45) is 0 Å². The molecule has 3 heteroatoms. The Morgan fingerprint density at radius 3 is 1.81 bits per heavy atom. The maximum Gasteiger partial charge on any atom is 0.137 e. The van der Waals surface area contributed by atoms with E-state index in [1.165, 1.54) is 44.2 Å². The van der Waals surface area contributed by atoms with E-state index in [4.69, 9.17) is 4.42 Å². The van der Waals surface area contributed by atoms with E-state index in [2.05, 4.69) is 198 Å². The van der Waals surface area contributed by atoms with Gasteiger partial charge >= 0.3 is 0 Å². The molecule has 1 aliphatic rings. The molecule has 52 heavy (non-hydrogen) atoms. The van der Waals surface area contributed by atoms with Gasteiger partial charge in [0, 0.05) is 51.7 Å². The van der Waals surface area contributed by atoms with Gasteiger partial charge in [-0.25, -0.2) is 0 Å². The van der Waals surface area contributed by atoms with Crippen LogP contribution in [0.25, 0.3) is 72.2 Å². The van der Waals surface area contributed by atoms with Crippen LogP contribution in [-0.2, 0) is 0 Å². The van der Waals surface area contributed by atoms with E-state index in [1.54, 1.807) is 0 Å². The molecule has 0 unspecified atom stereocenters. The highest BCUT2D eigenvalue weighted by Crippen LogP contribution is 2.42. The van der Waals surface area contributed by atoms with Crippen LogP contribution in [0.4, 0.5) is 22.7 Å². The summed E-state index contributed by atoms with van der Waals surface area (Å²) < 4.78 is 6.54. The van der Waals surface area contributed by atoms with Crippen LogP contribution in [0.2, 0.25) is 0 Å². The normalized spacial score (nSPS) is 12.2. The molecule has 0 radical (unpaired) electrons. The summed E-state index contributed by atoms with van der Waals surface area (Å²) in [6, 6.07) is 63.1. The predicted octanol–water partition coefficient (Wildman–Crippen LogP) is 13.6. The van der Waals surface area contributed by atoms with Crippen LogP contribution in [-0.4, -0.2) is 6.54 Å². The van der Waals surface area contributed by atoms with Crippen molar-refractivity contribution in [1.82, 2.24) is 0 Å². The highest BCUT2D eigenvalue weighted by molar-refractivity contribution is 6.08. The lowest BCUT2D eigenvalue weighted by atomic mass is 9.94. The molecule has 0 saturated heterocycles. The van der Waals surface area contributed by atoms with Crippen molar-refractivity contribution in [3.63, 3.8) is 0 Å². The van der Waals surface area contributed by atoms with Gasteiger partial charge in [-0.1, -0.05) is 133 Å². The highest BCUT2D eigenvalue weighted by Gasteiger charge is 2.18. The molecule has 3 nitrogen and oxygen atoms in total. The molecule has 0 atom stereocenters. The molecule has 9 aromatic rings. The first-order valence-corrected chi connectivity index (χ1v) is 17.8. The smallest absolute Gasteiger partial charge is 0.137 e. The molecule has 1 aliphatic heterocycles. The van der Waals surface area contributed by atoms with E-state index in [0.717, 1.165) is 56.8 Å². The maximum atomic E-state index is 6.54. The molecule has 1 aromatic heterocycles. The van der Waals surface area contributed by atoms with Crippen LogP contribution in [0.15, 0.2) is 186 Å². The lowest BCUT2D eigenvalue weighted by molar-refractivity contribution is 0.669. The molecule has 0 amide bonds. The Morgan fingerprint density at radius 1 is 0.442 bits per heavy atom. The number of hydrogen-bond donors (Lipinski definition) is 1. The molecule has 0 spiro atoms. The molecule has 0 aliphatic carbocycles. The number of nitrogens with one attached hydrogen (secondary N) is 1. The largest absolute Gasteiger partial charge is 0.456 e. The minimum atomic E-state index is 0.837. The average Bonchev–Trinajstić information content (AvgIpc) is 3.57. The van der Waals surface area contributed by atoms with Gasteiger partial charge in [0.15, 0.2) is 0 Å². The number of anilines is 4. The van der Waals surface area contributed by atoms with Crippen molar-refractivity contribution in [3.05, 3.63) is 188 Å². The number of nitrogens with zero attached hydrogens (tertiary/aromatic N) is 1. The monoisotopic (exact) mass is 666 g/mol. The molecular weight excluding hydrogens is 633 g/mol. The van der Waals surface area contributed by atoms with Crippen LogP contribution in [0, 0.1) is 0 Å². The van der Waals surface area contributed by atoms with Crippen molar-refractivity contribution in [3.8, 4) is 33.4 Å². The summed E-state index contributed by atoms with van der Waals surface area (Å²) in [7, 11) is 0. The van der Waals surface area contributed by atoms with Crippen molar-refractivity contribution in [1.29, 1.82) is 0 Å². The van der Waals surface area contributed by atoms with E-state index in [0.29, 0.717) is 0 Å². The van der Waals surface area contributed by atoms with Gasteiger partial charge in [-0.3, -0.25) is 0 Å². The van der Waals surface area contributed by atoms with Crippen molar-refractivity contribution >= 4 is 61.5 Å². The summed E-state index contributed by atoms with van der Waals surface area (Å²) in [4.78, 5) is 2.32. The Balaban J connectivity index is 1.09. The first-order chi connectivity index (χ1) is 25.8. The van der Waals surface area contributed by atoms with E-state index in [9.17, 15) is 0 Å². The Kier molecular flexibility index (Phi) is 7.21. The number of fused-ring (bicyclic) bond motifs is 5. The predicted molar refractivity (Wildman–Crippen MR) is 220 cm³/mol. The van der Waals surface area contributed by atoms with E-state index in [-0.39, 0.29) is 0 Å². The molecule has 0 saturated carbocycles. The fourth-order valence-electron chi connectivity index (χ4n) is 7.72. The fourth-order valence-corrected chi connectivity index (χ4v) is 7.72. The van der Waals surface area contributed by atoms with Crippen LogP contribution in [0.1, 0.15) is 5.56 Å². The summed E-state index contributed by atoms with van der Waals surface area (Å²) in [5.74, 6) is 0. The van der Waals surface area contributed by atoms with Gasteiger partial charge in [-0.15, -0.1) is 0 Å². The third-order valence-corrected chi connectivity index (χ3v) is 10.3. The molecular formula is C49H34N2O. The topological polar surface area (TPSA) is 28.4 Å². The first-order valence-electron chi connectivity index (χ1n) is 17.8. The van der Waals surface area contributed by atoms with Crippen LogP contribution in [0.3, 0.4) is 0 Å². The van der Waals surface area contributed by atoms with Gasteiger partial charge in [0.2, 0.25) is 0 Å². The summed E-state index contributed by atoms with van der Waals surface area (Å²) in [6.07, 6.45) is 4.30. The Labute approximate surface area is 302 Å². The molecule has 10 rings (SSSR count). The van der Waals surface area contributed by atoms with E-state index >= 15 is 0 Å². The van der Waals surface area contributed by atoms with Gasteiger partial charge < -0.3 is 14.6 Å². The Morgan fingerprint density at radius 2 is 1.04 bits per heavy atom. The van der Waals surface area contributed by atoms with Crippen LogP contribution < -0.4 is 10.2 Å². The first kappa shape index (κ1) is 30.0. The molecule has 0 fully saturated rings. The van der Waals surface area contributed by atoms with Gasteiger partial charge in [0.25, 0.3) is 0 Å². The molecule has 1 N–H and O–H groups in total. The van der Waals surface area contributed by atoms with Crippen molar-refractivity contribution in [2.45, 2.75) is 0 Å². The zero-order valence-electron chi connectivity index (χ0n) is 28.5. The molecule has 246 valence electrons. The minimum absolute atomic E-state index is 0.837. The Hall–Kier alpha value is -6.84. The average molecular weight is 667 g/mol. The second-order valence-electron chi connectivity index (χ2n) is 13.4. The molecule has 0 bridgehead atoms. The number of benzene rings is 8. The summed E-state index contributed by atoms with van der Waals surface area (Å²) >= 11 is 0. The van der Waals surface area contributed by atoms with E-state index in [1.807, 2.05) is 0 Å². The van der Waals surface area contributed by atoms with Gasteiger partial charge in [-0.05, 0) is 92.7 Å². The standard InChI is InChI=1S/C49H34N2O/c1-2-10-33(11-3-1)41-16-6-7-17-43(41)35-19-23-38(24-20-35)51(39-25-21-36(22-26-39)44-18-8-13-34-12-4-5-15-42(34)44)40-27-28-45-46-32-47-37(14-9-29-50-47)30-48(46)52-49(45)31-40/h1-28,30-32,50H,29H2. The minimum Gasteiger partial charge on any atom is -0.456 e. The number of furan rings is 1. The second kappa shape index (κ2) is 12.5. The van der Waals surface area contributed by atoms with Gasteiger partial charge in [0.05, 0.1) is 0 Å². The van der Waals surface area contributed by atoms with E-state index < -0.39 is 0 Å². The zero-order chi connectivity index (χ0) is 34.4. The number of hydrogen-bond acceptors (Lipinski definition) is 3. The highest BCUT2D eigenvalue weighted by atomic mass is 16.3. The van der Waals surface area contributed by atoms with Crippen LogP contribution >= 0.6 is 0 Å².